The molecule has 0 bridgehead atoms. The Balaban J connectivity index is 1.50. The van der Waals surface area contributed by atoms with Crippen LogP contribution in [0.1, 0.15) is 34.5 Å². The first-order valence-electron chi connectivity index (χ1n) is 10.4. The predicted molar refractivity (Wildman–Crippen MR) is 126 cm³/mol. The first-order valence-corrected chi connectivity index (χ1v) is 11.4. The molecule has 0 aliphatic rings. The fourth-order valence-corrected chi connectivity index (χ4v) is 4.28. The lowest BCUT2D eigenvalue weighted by Crippen LogP contribution is -2.16. The second-order valence-corrected chi connectivity index (χ2v) is 8.66. The lowest BCUT2D eigenvalue weighted by molar-refractivity contribution is -0.113. The monoisotopic (exact) mass is 438 g/mol. The van der Waals surface area contributed by atoms with Crippen molar-refractivity contribution in [2.75, 3.05) is 18.2 Å². The molecule has 0 radical (unpaired) electrons. The molecule has 0 atom stereocenters. The third-order valence-electron chi connectivity index (χ3n) is 5.33. The van der Waals surface area contributed by atoms with Gasteiger partial charge in [-0.3, -0.25) is 4.79 Å². The van der Waals surface area contributed by atoms with E-state index in [-0.39, 0.29) is 5.91 Å². The Morgan fingerprint density at radius 3 is 2.48 bits per heavy atom. The maximum Gasteiger partial charge on any atom is 0.234 e. The zero-order valence-corrected chi connectivity index (χ0v) is 19.7. The van der Waals surface area contributed by atoms with Gasteiger partial charge in [0.2, 0.25) is 5.91 Å². The van der Waals surface area contributed by atoms with E-state index in [4.69, 9.17) is 4.74 Å². The van der Waals surface area contributed by atoms with E-state index in [1.54, 1.807) is 7.11 Å². The first-order chi connectivity index (χ1) is 14.9. The second-order valence-electron chi connectivity index (χ2n) is 7.72. The summed E-state index contributed by atoms with van der Waals surface area (Å²) < 4.78 is 7.31. The van der Waals surface area contributed by atoms with Crippen LogP contribution in [0.15, 0.2) is 41.6 Å². The van der Waals surface area contributed by atoms with Crippen molar-refractivity contribution >= 4 is 23.4 Å². The van der Waals surface area contributed by atoms with Crippen LogP contribution >= 0.6 is 11.8 Å². The normalized spacial score (nSPS) is 10.9. The van der Waals surface area contributed by atoms with Gasteiger partial charge >= 0.3 is 0 Å². The van der Waals surface area contributed by atoms with Gasteiger partial charge in [-0.1, -0.05) is 42.1 Å². The topological polar surface area (TPSA) is 69.0 Å². The molecule has 0 spiro atoms. The van der Waals surface area contributed by atoms with E-state index in [0.717, 1.165) is 58.4 Å². The summed E-state index contributed by atoms with van der Waals surface area (Å²) in [7, 11) is 3.65. The second kappa shape index (κ2) is 10.5. The molecule has 0 saturated heterocycles. The van der Waals surface area contributed by atoms with E-state index >= 15 is 0 Å². The molecule has 31 heavy (non-hydrogen) atoms. The summed E-state index contributed by atoms with van der Waals surface area (Å²) in [6.07, 6.45) is 2.79. The van der Waals surface area contributed by atoms with Crippen LogP contribution in [0.4, 0.5) is 5.69 Å². The summed E-state index contributed by atoms with van der Waals surface area (Å²) >= 11 is 1.41. The number of carbonyl (C=O) groups is 1. The summed E-state index contributed by atoms with van der Waals surface area (Å²) in [6, 6.07) is 12.3. The number of amides is 1. The Morgan fingerprint density at radius 1 is 1.06 bits per heavy atom. The number of thioether (sulfide) groups is 1. The standard InChI is InChI=1S/C24H30N4O2S/c1-16-8-6-9-17(2)23(16)25-22(29)15-31-24-27-26-21(28(24)4)11-7-10-19-12-13-20(30-5)18(3)14-19/h6,8-9,12-14H,7,10-11,15H2,1-5H3,(H,25,29). The smallest absolute Gasteiger partial charge is 0.234 e. The minimum absolute atomic E-state index is 0.0400. The molecule has 0 aliphatic carbocycles. The number of aromatic nitrogens is 3. The zero-order chi connectivity index (χ0) is 22.4. The van der Waals surface area contributed by atoms with E-state index in [9.17, 15) is 4.79 Å². The van der Waals surface area contributed by atoms with Crippen LogP contribution in [-0.4, -0.2) is 33.5 Å². The van der Waals surface area contributed by atoms with Crippen molar-refractivity contribution in [3.8, 4) is 5.75 Å². The van der Waals surface area contributed by atoms with Crippen LogP contribution in [0.3, 0.4) is 0 Å². The Hall–Kier alpha value is -2.80. The molecule has 0 aliphatic heterocycles. The maximum atomic E-state index is 12.4. The average Bonchev–Trinajstić information content (AvgIpc) is 3.09. The minimum Gasteiger partial charge on any atom is -0.496 e. The molecule has 0 unspecified atom stereocenters. The van der Waals surface area contributed by atoms with E-state index in [1.165, 1.54) is 17.3 Å². The zero-order valence-electron chi connectivity index (χ0n) is 18.9. The van der Waals surface area contributed by atoms with E-state index in [0.29, 0.717) is 5.75 Å². The number of ether oxygens (including phenoxy) is 1. The largest absolute Gasteiger partial charge is 0.496 e. The van der Waals surface area contributed by atoms with Gasteiger partial charge in [0.1, 0.15) is 11.6 Å². The highest BCUT2D eigenvalue weighted by Crippen LogP contribution is 2.22. The Labute approximate surface area is 188 Å². The van der Waals surface area contributed by atoms with Gasteiger partial charge in [0, 0.05) is 19.2 Å². The fourth-order valence-electron chi connectivity index (χ4n) is 3.55. The number of rotatable bonds is 9. The molecule has 0 saturated carbocycles. The molecule has 3 aromatic rings. The summed E-state index contributed by atoms with van der Waals surface area (Å²) in [4.78, 5) is 12.4. The lowest BCUT2D eigenvalue weighted by Gasteiger charge is -2.11. The molecule has 6 nitrogen and oxygen atoms in total. The quantitative estimate of drug-likeness (QED) is 0.492. The number of nitrogens with one attached hydrogen (secondary N) is 1. The third-order valence-corrected chi connectivity index (χ3v) is 6.35. The lowest BCUT2D eigenvalue weighted by atomic mass is 10.0. The highest BCUT2D eigenvalue weighted by atomic mass is 32.2. The van der Waals surface area contributed by atoms with E-state index in [2.05, 4.69) is 34.6 Å². The predicted octanol–water partition coefficient (Wildman–Crippen LogP) is 4.66. The van der Waals surface area contributed by atoms with Crippen LogP contribution in [0.5, 0.6) is 5.75 Å². The number of hydrogen-bond donors (Lipinski definition) is 1. The molecular weight excluding hydrogens is 408 g/mol. The van der Waals surface area contributed by atoms with Crippen molar-refractivity contribution in [2.24, 2.45) is 7.05 Å². The Kier molecular flexibility index (Phi) is 7.74. The molecule has 1 aromatic heterocycles. The van der Waals surface area contributed by atoms with Gasteiger partial charge in [0.05, 0.1) is 12.9 Å². The molecule has 1 N–H and O–H groups in total. The van der Waals surface area contributed by atoms with E-state index < -0.39 is 0 Å². The molecule has 1 heterocycles. The number of aryl methyl sites for hydroxylation is 5. The van der Waals surface area contributed by atoms with Gasteiger partial charge in [0.15, 0.2) is 5.16 Å². The van der Waals surface area contributed by atoms with Gasteiger partial charge in [-0.05, 0) is 61.9 Å². The van der Waals surface area contributed by atoms with Gasteiger partial charge in [-0.15, -0.1) is 10.2 Å². The van der Waals surface area contributed by atoms with Crippen LogP contribution in [0.25, 0.3) is 0 Å². The van der Waals surface area contributed by atoms with Crippen LogP contribution in [0, 0.1) is 20.8 Å². The van der Waals surface area contributed by atoms with Crippen molar-refractivity contribution in [3.63, 3.8) is 0 Å². The van der Waals surface area contributed by atoms with Gasteiger partial charge in [0.25, 0.3) is 0 Å². The van der Waals surface area contributed by atoms with Crippen molar-refractivity contribution in [1.82, 2.24) is 14.8 Å². The molecule has 0 fully saturated rings. The number of benzene rings is 2. The summed E-state index contributed by atoms with van der Waals surface area (Å²) in [5.41, 5.74) is 5.45. The molecular formula is C24H30N4O2S. The Bertz CT molecular complexity index is 1040. The van der Waals surface area contributed by atoms with E-state index in [1.807, 2.05) is 49.7 Å². The van der Waals surface area contributed by atoms with Crippen LogP contribution < -0.4 is 10.1 Å². The SMILES string of the molecule is COc1ccc(CCCc2nnc(SCC(=O)Nc3c(C)cccc3C)n2C)cc1C. The Morgan fingerprint density at radius 2 is 1.81 bits per heavy atom. The molecule has 164 valence electrons. The molecule has 2 aromatic carbocycles. The fraction of sp³-hybridized carbons (Fsp3) is 0.375. The molecule has 1 amide bonds. The number of hydrogen-bond acceptors (Lipinski definition) is 5. The van der Waals surface area contributed by atoms with Gasteiger partial charge < -0.3 is 14.6 Å². The third kappa shape index (κ3) is 5.88. The highest BCUT2D eigenvalue weighted by Gasteiger charge is 2.13. The van der Waals surface area contributed by atoms with Crippen LogP contribution in [-0.2, 0) is 24.7 Å². The van der Waals surface area contributed by atoms with Crippen LogP contribution in [0.2, 0.25) is 0 Å². The minimum atomic E-state index is -0.0400. The average molecular weight is 439 g/mol. The van der Waals surface area contributed by atoms with Crippen molar-refractivity contribution in [2.45, 2.75) is 45.2 Å². The number of methoxy groups -OCH3 is 1. The molecule has 7 heteroatoms. The maximum absolute atomic E-state index is 12.4. The van der Waals surface area contributed by atoms with Gasteiger partial charge in [-0.2, -0.15) is 0 Å². The van der Waals surface area contributed by atoms with Crippen molar-refractivity contribution < 1.29 is 9.53 Å². The number of carbonyl (C=O) groups excluding carboxylic acids is 1. The van der Waals surface area contributed by atoms with Gasteiger partial charge in [-0.25, -0.2) is 0 Å². The summed E-state index contributed by atoms with van der Waals surface area (Å²) in [5, 5.41) is 12.4. The van der Waals surface area contributed by atoms with Crippen molar-refractivity contribution in [3.05, 3.63) is 64.5 Å². The first kappa shape index (κ1) is 22.9. The summed E-state index contributed by atoms with van der Waals surface area (Å²) in [6.45, 7) is 6.06. The number of anilines is 1. The molecule has 3 rings (SSSR count). The highest BCUT2D eigenvalue weighted by molar-refractivity contribution is 7.99. The summed E-state index contributed by atoms with van der Waals surface area (Å²) in [5.74, 6) is 2.11. The number of nitrogens with zero attached hydrogens (tertiary/aromatic N) is 3. The van der Waals surface area contributed by atoms with Crippen molar-refractivity contribution in [1.29, 1.82) is 0 Å². The number of para-hydroxylation sites is 1.